The molecule has 0 saturated carbocycles. The Morgan fingerprint density at radius 1 is 1.27 bits per heavy atom. The Labute approximate surface area is 130 Å². The second kappa shape index (κ2) is 6.22. The van der Waals surface area contributed by atoms with Gasteiger partial charge in [-0.15, -0.1) is 0 Å². The molecule has 6 heteroatoms. The van der Waals surface area contributed by atoms with Crippen LogP contribution in [0.1, 0.15) is 23.2 Å². The van der Waals surface area contributed by atoms with E-state index in [0.717, 1.165) is 25.9 Å². The molecule has 1 aromatic rings. The summed E-state index contributed by atoms with van der Waals surface area (Å²) in [6.45, 7) is 3.49. The van der Waals surface area contributed by atoms with Gasteiger partial charge in [-0.1, -0.05) is 0 Å². The summed E-state index contributed by atoms with van der Waals surface area (Å²) in [5.41, 5.74) is 0.0402. The normalized spacial score (nSPS) is 20.9. The predicted molar refractivity (Wildman–Crippen MR) is 83.0 cm³/mol. The number of aryl methyl sites for hydroxylation is 1. The Morgan fingerprint density at radius 2 is 1.95 bits per heavy atom. The predicted octanol–water partition coefficient (Wildman–Crippen LogP) is 0.321. The summed E-state index contributed by atoms with van der Waals surface area (Å²) < 4.78 is 6.83. The van der Waals surface area contributed by atoms with Crippen LogP contribution in [0, 0.1) is 0 Å². The van der Waals surface area contributed by atoms with Gasteiger partial charge in [-0.25, -0.2) is 0 Å². The van der Waals surface area contributed by atoms with Crippen LogP contribution >= 0.6 is 0 Å². The Balaban J connectivity index is 1.56. The lowest BCUT2D eigenvalue weighted by atomic mass is 10.0. The summed E-state index contributed by atoms with van der Waals surface area (Å²) >= 11 is 0. The third-order valence-corrected chi connectivity index (χ3v) is 4.83. The van der Waals surface area contributed by atoms with Crippen LogP contribution in [0.15, 0.2) is 23.1 Å². The molecule has 3 heterocycles. The molecule has 22 heavy (non-hydrogen) atoms. The highest BCUT2D eigenvalue weighted by Crippen LogP contribution is 2.22. The number of hydrogen-bond acceptors (Lipinski definition) is 4. The van der Waals surface area contributed by atoms with E-state index in [4.69, 9.17) is 4.74 Å². The van der Waals surface area contributed by atoms with Gasteiger partial charge in [0.05, 0.1) is 6.10 Å². The molecule has 2 saturated heterocycles. The third-order valence-electron chi connectivity index (χ3n) is 4.83. The molecule has 1 aromatic heterocycles. The van der Waals surface area contributed by atoms with Crippen molar-refractivity contribution in [3.8, 4) is 0 Å². The first-order chi connectivity index (χ1) is 10.6. The number of carbonyl (C=O) groups excluding carboxylic acids is 1. The van der Waals surface area contributed by atoms with Crippen LogP contribution in [0.5, 0.6) is 0 Å². The van der Waals surface area contributed by atoms with Gasteiger partial charge >= 0.3 is 0 Å². The Kier molecular flexibility index (Phi) is 4.31. The second-order valence-electron chi connectivity index (χ2n) is 6.17. The van der Waals surface area contributed by atoms with Crippen molar-refractivity contribution in [3.05, 3.63) is 34.2 Å². The van der Waals surface area contributed by atoms with E-state index in [0.29, 0.717) is 25.2 Å². The van der Waals surface area contributed by atoms with E-state index in [1.807, 2.05) is 0 Å². The van der Waals surface area contributed by atoms with Crippen molar-refractivity contribution in [2.45, 2.75) is 25.0 Å². The summed E-state index contributed by atoms with van der Waals surface area (Å²) in [7, 11) is 3.43. The van der Waals surface area contributed by atoms with E-state index >= 15 is 0 Å². The summed E-state index contributed by atoms with van der Waals surface area (Å²) in [5, 5.41) is 0. The highest BCUT2D eigenvalue weighted by molar-refractivity contribution is 5.94. The van der Waals surface area contributed by atoms with Gasteiger partial charge in [-0.05, 0) is 25.0 Å². The minimum atomic E-state index is -0.225. The molecular formula is C16H23N3O3. The average molecular weight is 305 g/mol. The average Bonchev–Trinajstić information content (AvgIpc) is 2.49. The molecule has 0 aromatic carbocycles. The number of likely N-dealkylation sites (tertiary alicyclic amines) is 2. The number of carbonyl (C=O) groups is 1. The molecule has 2 aliphatic heterocycles. The monoisotopic (exact) mass is 305 g/mol. The molecule has 3 rings (SSSR count). The minimum absolute atomic E-state index is 0.149. The van der Waals surface area contributed by atoms with Crippen molar-refractivity contribution >= 4 is 5.91 Å². The highest BCUT2D eigenvalue weighted by Gasteiger charge is 2.37. The molecule has 0 radical (unpaired) electrons. The first-order valence-electron chi connectivity index (χ1n) is 7.82. The van der Waals surface area contributed by atoms with Crippen LogP contribution in [-0.4, -0.2) is 65.7 Å². The molecule has 0 N–H and O–H groups in total. The standard InChI is InChI=1S/C16H23N3O3/c1-17-7-3-4-14(15(17)20)16(21)19-10-12(11-19)18-8-5-13(22-2)6-9-18/h3-4,7,12-13H,5-6,8-11H2,1-2H3. The summed E-state index contributed by atoms with van der Waals surface area (Å²) in [5.74, 6) is -0.149. The number of piperidine rings is 1. The molecule has 0 unspecified atom stereocenters. The molecule has 0 aliphatic carbocycles. The SMILES string of the molecule is COC1CCN(C2CN(C(=O)c3cccn(C)c3=O)C2)CC1. The number of methoxy groups -OCH3 is 1. The molecule has 6 nitrogen and oxygen atoms in total. The van der Waals surface area contributed by atoms with Gasteiger partial charge in [-0.2, -0.15) is 0 Å². The molecular weight excluding hydrogens is 282 g/mol. The van der Waals surface area contributed by atoms with E-state index < -0.39 is 0 Å². The van der Waals surface area contributed by atoms with E-state index in [1.54, 1.807) is 37.4 Å². The van der Waals surface area contributed by atoms with Crippen LogP contribution in [0.2, 0.25) is 0 Å². The molecule has 0 spiro atoms. The largest absolute Gasteiger partial charge is 0.381 e. The maximum absolute atomic E-state index is 12.4. The first-order valence-corrected chi connectivity index (χ1v) is 7.82. The Bertz CT molecular complexity index is 599. The molecule has 0 bridgehead atoms. The number of nitrogens with zero attached hydrogens (tertiary/aromatic N) is 3. The van der Waals surface area contributed by atoms with Crippen molar-refractivity contribution in [1.29, 1.82) is 0 Å². The van der Waals surface area contributed by atoms with Crippen molar-refractivity contribution < 1.29 is 9.53 Å². The summed E-state index contributed by atoms with van der Waals surface area (Å²) in [6.07, 6.45) is 4.15. The number of hydrogen-bond donors (Lipinski definition) is 0. The number of pyridine rings is 1. The van der Waals surface area contributed by atoms with Crippen LogP contribution in [0.3, 0.4) is 0 Å². The molecule has 1 amide bonds. The summed E-state index contributed by atoms with van der Waals surface area (Å²) in [6, 6.07) is 3.78. The zero-order valence-corrected chi connectivity index (χ0v) is 13.2. The zero-order valence-electron chi connectivity index (χ0n) is 13.2. The van der Waals surface area contributed by atoms with E-state index in [1.165, 1.54) is 4.57 Å². The molecule has 120 valence electrons. The van der Waals surface area contributed by atoms with Gasteiger partial charge in [0.25, 0.3) is 11.5 Å². The quantitative estimate of drug-likeness (QED) is 0.807. The second-order valence-corrected chi connectivity index (χ2v) is 6.17. The van der Waals surface area contributed by atoms with Gasteiger partial charge in [0.2, 0.25) is 0 Å². The van der Waals surface area contributed by atoms with Crippen LogP contribution in [-0.2, 0) is 11.8 Å². The maximum atomic E-state index is 12.4. The van der Waals surface area contributed by atoms with Crippen molar-refractivity contribution in [3.63, 3.8) is 0 Å². The van der Waals surface area contributed by atoms with Crippen molar-refractivity contribution in [2.75, 3.05) is 33.3 Å². The van der Waals surface area contributed by atoms with Gasteiger partial charge < -0.3 is 14.2 Å². The summed E-state index contributed by atoms with van der Waals surface area (Å²) in [4.78, 5) is 28.6. The first kappa shape index (κ1) is 15.2. The number of rotatable bonds is 3. The lowest BCUT2D eigenvalue weighted by Crippen LogP contribution is -2.62. The van der Waals surface area contributed by atoms with E-state index in [9.17, 15) is 9.59 Å². The van der Waals surface area contributed by atoms with Crippen molar-refractivity contribution in [1.82, 2.24) is 14.4 Å². The van der Waals surface area contributed by atoms with Gasteiger partial charge in [0.1, 0.15) is 5.56 Å². The van der Waals surface area contributed by atoms with Crippen molar-refractivity contribution in [2.24, 2.45) is 7.05 Å². The lowest BCUT2D eigenvalue weighted by Gasteiger charge is -2.47. The van der Waals surface area contributed by atoms with Gasteiger partial charge in [0, 0.05) is 52.6 Å². The fourth-order valence-electron chi connectivity index (χ4n) is 3.26. The number of aromatic nitrogens is 1. The van der Waals surface area contributed by atoms with E-state index in [2.05, 4.69) is 4.90 Å². The number of ether oxygens (including phenoxy) is 1. The highest BCUT2D eigenvalue weighted by atomic mass is 16.5. The fourth-order valence-corrected chi connectivity index (χ4v) is 3.26. The topological polar surface area (TPSA) is 54.8 Å². The van der Waals surface area contributed by atoms with Gasteiger partial charge in [-0.3, -0.25) is 14.5 Å². The van der Waals surface area contributed by atoms with Crippen LogP contribution in [0.4, 0.5) is 0 Å². The smallest absolute Gasteiger partial charge is 0.263 e. The fraction of sp³-hybridized carbons (Fsp3) is 0.625. The Morgan fingerprint density at radius 3 is 2.59 bits per heavy atom. The molecule has 2 fully saturated rings. The molecule has 0 atom stereocenters. The number of amides is 1. The van der Waals surface area contributed by atoms with Crippen LogP contribution in [0.25, 0.3) is 0 Å². The maximum Gasteiger partial charge on any atom is 0.263 e. The van der Waals surface area contributed by atoms with Crippen LogP contribution < -0.4 is 5.56 Å². The lowest BCUT2D eigenvalue weighted by molar-refractivity contribution is -0.0120. The Hall–Kier alpha value is -1.66. The zero-order chi connectivity index (χ0) is 15.7. The minimum Gasteiger partial charge on any atom is -0.381 e. The van der Waals surface area contributed by atoms with Gasteiger partial charge in [0.15, 0.2) is 0 Å². The van der Waals surface area contributed by atoms with E-state index in [-0.39, 0.29) is 17.0 Å². The molecule has 2 aliphatic rings. The third kappa shape index (κ3) is 2.80.